The van der Waals surface area contributed by atoms with Crippen molar-refractivity contribution in [2.75, 3.05) is 19.3 Å². The summed E-state index contributed by atoms with van der Waals surface area (Å²) in [6.45, 7) is 4.16. The van der Waals surface area contributed by atoms with Crippen LogP contribution in [0.3, 0.4) is 0 Å². The molecule has 0 saturated carbocycles. The number of hydrogen-bond donors (Lipinski definition) is 0. The molecule has 0 radical (unpaired) electrons. The van der Waals surface area contributed by atoms with Gasteiger partial charge in [0.25, 0.3) is 0 Å². The maximum atomic E-state index is 12.6. The number of thioether (sulfide) groups is 1. The van der Waals surface area contributed by atoms with E-state index in [1.807, 2.05) is 30.5 Å². The van der Waals surface area contributed by atoms with Crippen molar-refractivity contribution >= 4 is 27.5 Å². The number of ether oxygens (including phenoxy) is 1. The monoisotopic (exact) mass is 410 g/mol. The van der Waals surface area contributed by atoms with E-state index in [-0.39, 0.29) is 36.0 Å². The van der Waals surface area contributed by atoms with Crippen molar-refractivity contribution in [3.05, 3.63) is 58.1 Å². The Morgan fingerprint density at radius 1 is 1.11 bits per heavy atom. The number of nitrogens with zero attached hydrogens (tertiary/aromatic N) is 2. The van der Waals surface area contributed by atoms with Gasteiger partial charge in [0.15, 0.2) is 5.75 Å². The van der Waals surface area contributed by atoms with Gasteiger partial charge >= 0.3 is 5.69 Å². The molecule has 0 saturated heterocycles. The van der Waals surface area contributed by atoms with E-state index in [1.54, 1.807) is 25.6 Å². The number of hydrogen-bond acceptors (Lipinski definition) is 6. The molecule has 0 fully saturated rings. The first-order valence-electron chi connectivity index (χ1n) is 8.37. The van der Waals surface area contributed by atoms with E-state index in [4.69, 9.17) is 4.74 Å². The van der Waals surface area contributed by atoms with Crippen molar-refractivity contribution in [2.45, 2.75) is 30.2 Å². The van der Waals surface area contributed by atoms with Crippen molar-refractivity contribution in [2.24, 2.45) is 0 Å². The molecule has 27 heavy (non-hydrogen) atoms. The molecule has 0 atom stereocenters. The van der Waals surface area contributed by atoms with E-state index in [9.17, 15) is 18.5 Å². The molecular weight excluding hydrogens is 388 g/mol. The highest BCUT2D eigenvalue weighted by Gasteiger charge is 2.26. The minimum atomic E-state index is -3.78. The van der Waals surface area contributed by atoms with Crippen LogP contribution in [0.25, 0.3) is 0 Å². The fraction of sp³-hybridized carbons (Fsp3) is 0.333. The van der Waals surface area contributed by atoms with E-state index in [2.05, 4.69) is 0 Å². The smallest absolute Gasteiger partial charge is 0.312 e. The van der Waals surface area contributed by atoms with E-state index >= 15 is 0 Å². The highest BCUT2D eigenvalue weighted by atomic mass is 32.2. The molecule has 2 aromatic rings. The minimum Gasteiger partial charge on any atom is -0.482 e. The summed E-state index contributed by atoms with van der Waals surface area (Å²) in [4.78, 5) is 11.8. The molecule has 146 valence electrons. The second-order valence-corrected chi connectivity index (χ2v) is 8.43. The third kappa shape index (κ3) is 5.00. The highest BCUT2D eigenvalue weighted by molar-refractivity contribution is 7.98. The van der Waals surface area contributed by atoms with Gasteiger partial charge in [-0.15, -0.1) is 11.8 Å². The quantitative estimate of drug-likeness (QED) is 0.353. The summed E-state index contributed by atoms with van der Waals surface area (Å²) < 4.78 is 32.0. The molecule has 0 unspecified atom stereocenters. The first-order valence-corrected chi connectivity index (χ1v) is 11.0. The van der Waals surface area contributed by atoms with Gasteiger partial charge in [0.1, 0.15) is 6.61 Å². The Labute approximate surface area is 163 Å². The predicted octanol–water partition coefficient (Wildman–Crippen LogP) is 3.93. The first-order chi connectivity index (χ1) is 12.8. The Balaban J connectivity index is 2.28. The van der Waals surface area contributed by atoms with Crippen LogP contribution >= 0.6 is 11.8 Å². The Morgan fingerprint density at radius 2 is 1.74 bits per heavy atom. The fourth-order valence-electron chi connectivity index (χ4n) is 2.52. The lowest BCUT2D eigenvalue weighted by atomic mass is 10.2. The van der Waals surface area contributed by atoms with Crippen molar-refractivity contribution in [1.82, 2.24) is 4.31 Å². The lowest BCUT2D eigenvalue weighted by molar-refractivity contribution is -0.386. The summed E-state index contributed by atoms with van der Waals surface area (Å²) in [5.41, 5.74) is 0.492. The lowest BCUT2D eigenvalue weighted by Crippen LogP contribution is -2.30. The minimum absolute atomic E-state index is 0.0347. The Bertz CT molecular complexity index is 894. The zero-order valence-electron chi connectivity index (χ0n) is 15.4. The third-order valence-electron chi connectivity index (χ3n) is 4.02. The first kappa shape index (κ1) is 21.2. The zero-order chi connectivity index (χ0) is 20.0. The summed E-state index contributed by atoms with van der Waals surface area (Å²) >= 11 is 1.62. The van der Waals surface area contributed by atoms with Gasteiger partial charge in [0.2, 0.25) is 10.0 Å². The predicted molar refractivity (Wildman–Crippen MR) is 106 cm³/mol. The molecular formula is C18H22N2O5S2. The summed E-state index contributed by atoms with van der Waals surface area (Å²) in [6.07, 6.45) is 1.97. The van der Waals surface area contributed by atoms with E-state index < -0.39 is 14.9 Å². The molecule has 2 rings (SSSR count). The molecule has 9 heteroatoms. The van der Waals surface area contributed by atoms with Gasteiger partial charge in [-0.3, -0.25) is 10.1 Å². The van der Waals surface area contributed by atoms with Crippen molar-refractivity contribution in [1.29, 1.82) is 0 Å². The SMILES string of the molecule is CCN(CC)S(=O)(=O)c1ccc(OCc2ccc(SC)cc2)c([N+](=O)[O-])c1. The summed E-state index contributed by atoms with van der Waals surface area (Å²) in [7, 11) is -3.78. The van der Waals surface area contributed by atoms with Crippen LogP contribution in [0.15, 0.2) is 52.3 Å². The molecule has 0 N–H and O–H groups in total. The van der Waals surface area contributed by atoms with Gasteiger partial charge in [0.05, 0.1) is 9.82 Å². The molecule has 0 aliphatic heterocycles. The largest absolute Gasteiger partial charge is 0.482 e. The second-order valence-electron chi connectivity index (χ2n) is 5.61. The Kier molecular flexibility index (Phi) is 7.23. The molecule has 7 nitrogen and oxygen atoms in total. The fourth-order valence-corrected chi connectivity index (χ4v) is 4.40. The van der Waals surface area contributed by atoms with Crippen LogP contribution in [0.2, 0.25) is 0 Å². The van der Waals surface area contributed by atoms with Gasteiger partial charge in [-0.05, 0) is 36.1 Å². The molecule has 0 aromatic heterocycles. The maximum Gasteiger partial charge on any atom is 0.312 e. The van der Waals surface area contributed by atoms with E-state index in [1.165, 1.54) is 16.4 Å². The van der Waals surface area contributed by atoms with Crippen molar-refractivity contribution in [3.8, 4) is 5.75 Å². The normalized spacial score (nSPS) is 11.6. The average Bonchev–Trinajstić information content (AvgIpc) is 2.67. The van der Waals surface area contributed by atoms with Crippen LogP contribution in [-0.2, 0) is 16.6 Å². The molecule has 0 heterocycles. The van der Waals surface area contributed by atoms with Crippen molar-refractivity contribution in [3.63, 3.8) is 0 Å². The summed E-state index contributed by atoms with van der Waals surface area (Å²) in [5.74, 6) is 0.0347. The Hall–Kier alpha value is -2.10. The van der Waals surface area contributed by atoms with Gasteiger partial charge in [-0.2, -0.15) is 4.31 Å². The number of rotatable bonds is 9. The average molecular weight is 411 g/mol. The number of benzene rings is 2. The van der Waals surface area contributed by atoms with E-state index in [0.29, 0.717) is 0 Å². The van der Waals surface area contributed by atoms with Gasteiger partial charge < -0.3 is 4.74 Å². The van der Waals surface area contributed by atoms with Gasteiger partial charge in [0, 0.05) is 24.1 Å². The molecule has 0 spiro atoms. The van der Waals surface area contributed by atoms with Crippen molar-refractivity contribution < 1.29 is 18.1 Å². The van der Waals surface area contributed by atoms with Gasteiger partial charge in [-0.25, -0.2) is 8.42 Å². The van der Waals surface area contributed by atoms with Crippen LogP contribution in [-0.4, -0.2) is 37.0 Å². The standard InChI is InChI=1S/C18H22N2O5S2/c1-4-19(5-2)27(23,24)16-10-11-18(17(12-16)20(21)22)25-13-14-6-8-15(26-3)9-7-14/h6-12H,4-5,13H2,1-3H3. The van der Waals surface area contributed by atoms with Crippen LogP contribution in [0.1, 0.15) is 19.4 Å². The Morgan fingerprint density at radius 3 is 2.26 bits per heavy atom. The molecule has 0 amide bonds. The van der Waals surface area contributed by atoms with Crippen LogP contribution in [0.4, 0.5) is 5.69 Å². The highest BCUT2D eigenvalue weighted by Crippen LogP contribution is 2.31. The maximum absolute atomic E-state index is 12.6. The molecule has 0 bridgehead atoms. The third-order valence-corrected chi connectivity index (χ3v) is 6.81. The lowest BCUT2D eigenvalue weighted by Gasteiger charge is -2.18. The van der Waals surface area contributed by atoms with Crippen LogP contribution in [0, 0.1) is 10.1 Å². The van der Waals surface area contributed by atoms with E-state index in [0.717, 1.165) is 16.5 Å². The van der Waals surface area contributed by atoms with Gasteiger partial charge in [-0.1, -0.05) is 26.0 Å². The van der Waals surface area contributed by atoms with Crippen LogP contribution < -0.4 is 4.74 Å². The molecule has 2 aromatic carbocycles. The summed E-state index contributed by atoms with van der Waals surface area (Å²) in [6, 6.07) is 11.4. The second kappa shape index (κ2) is 9.20. The molecule has 0 aliphatic carbocycles. The number of nitro groups is 1. The number of sulfonamides is 1. The molecule has 0 aliphatic rings. The zero-order valence-corrected chi connectivity index (χ0v) is 17.0. The summed E-state index contributed by atoms with van der Waals surface area (Å²) in [5, 5.41) is 11.4. The topological polar surface area (TPSA) is 89.8 Å². The van der Waals surface area contributed by atoms with Crippen LogP contribution in [0.5, 0.6) is 5.75 Å². The number of nitro benzene ring substituents is 1.